The van der Waals surface area contributed by atoms with Gasteiger partial charge in [-0.3, -0.25) is 0 Å². The Morgan fingerprint density at radius 1 is 1.33 bits per heavy atom. The van der Waals surface area contributed by atoms with E-state index < -0.39 is 12.6 Å². The molecule has 0 amide bonds. The number of aromatic nitrogens is 3. The zero-order valence-electron chi connectivity index (χ0n) is 6.04. The molecule has 0 spiro atoms. The quantitative estimate of drug-likeness (QED) is 0.684. The first-order valence-electron chi connectivity index (χ1n) is 3.28. The van der Waals surface area contributed by atoms with E-state index in [1.54, 1.807) is 0 Å². The van der Waals surface area contributed by atoms with Gasteiger partial charge in [0.05, 0.1) is 11.9 Å². The fourth-order valence-electron chi connectivity index (χ4n) is 0.669. The van der Waals surface area contributed by atoms with Crippen LogP contribution in [0.4, 0.5) is 13.2 Å². The summed E-state index contributed by atoms with van der Waals surface area (Å²) in [4.78, 5) is 0. The first-order valence-corrected chi connectivity index (χ1v) is 3.28. The van der Waals surface area contributed by atoms with Crippen LogP contribution in [0.2, 0.25) is 0 Å². The molecule has 0 saturated heterocycles. The molecular formula is C6H6F3N3. The van der Waals surface area contributed by atoms with Crippen molar-refractivity contribution in [3.8, 4) is 0 Å². The zero-order chi connectivity index (χ0) is 9.03. The van der Waals surface area contributed by atoms with Gasteiger partial charge in [0.15, 0.2) is 0 Å². The normalized spacial score (nSPS) is 11.6. The lowest BCUT2D eigenvalue weighted by Gasteiger charge is -2.03. The summed E-state index contributed by atoms with van der Waals surface area (Å²) < 4.78 is 35.0. The average molecular weight is 177 g/mol. The highest BCUT2D eigenvalue weighted by Gasteiger charge is 2.26. The van der Waals surface area contributed by atoms with Gasteiger partial charge in [0.1, 0.15) is 0 Å². The molecule has 66 valence electrons. The second-order valence-corrected chi connectivity index (χ2v) is 2.23. The van der Waals surface area contributed by atoms with Gasteiger partial charge in [-0.1, -0.05) is 0 Å². The van der Waals surface area contributed by atoms with Crippen molar-refractivity contribution in [3.63, 3.8) is 0 Å². The molecule has 0 fully saturated rings. The Balaban J connectivity index is 2.44. The molecule has 1 rings (SSSR count). The molecule has 0 atom stereocenters. The number of nitrogens with zero attached hydrogens (tertiary/aromatic N) is 3. The maximum atomic E-state index is 11.7. The highest BCUT2D eigenvalue weighted by Crippen LogP contribution is 2.20. The third-order valence-corrected chi connectivity index (χ3v) is 1.22. The van der Waals surface area contributed by atoms with E-state index in [2.05, 4.69) is 15.4 Å². The SMILES string of the molecule is FC(F)(F)CCc1ccnnn1. The Kier molecular flexibility index (Phi) is 2.57. The summed E-state index contributed by atoms with van der Waals surface area (Å²) in [6, 6.07) is 1.42. The maximum absolute atomic E-state index is 11.7. The number of hydrogen-bond donors (Lipinski definition) is 0. The van der Waals surface area contributed by atoms with Crippen LogP contribution in [0.5, 0.6) is 0 Å². The Morgan fingerprint density at radius 3 is 2.58 bits per heavy atom. The molecule has 6 heteroatoms. The summed E-state index contributed by atoms with van der Waals surface area (Å²) >= 11 is 0. The van der Waals surface area contributed by atoms with Gasteiger partial charge >= 0.3 is 6.18 Å². The van der Waals surface area contributed by atoms with Crippen LogP contribution < -0.4 is 0 Å². The Bertz CT molecular complexity index is 234. The number of hydrogen-bond acceptors (Lipinski definition) is 3. The van der Waals surface area contributed by atoms with Crippen LogP contribution in [0.25, 0.3) is 0 Å². The van der Waals surface area contributed by atoms with Crippen molar-refractivity contribution in [2.45, 2.75) is 19.0 Å². The van der Waals surface area contributed by atoms with E-state index in [0.29, 0.717) is 5.69 Å². The topological polar surface area (TPSA) is 38.7 Å². The van der Waals surface area contributed by atoms with Crippen molar-refractivity contribution in [3.05, 3.63) is 18.0 Å². The number of alkyl halides is 3. The molecule has 0 N–H and O–H groups in total. The van der Waals surface area contributed by atoms with Crippen LogP contribution in [-0.4, -0.2) is 21.6 Å². The molecule has 12 heavy (non-hydrogen) atoms. The van der Waals surface area contributed by atoms with Crippen LogP contribution in [0, 0.1) is 0 Å². The van der Waals surface area contributed by atoms with Gasteiger partial charge in [-0.2, -0.15) is 13.2 Å². The third kappa shape index (κ3) is 3.27. The van der Waals surface area contributed by atoms with Crippen LogP contribution in [0.15, 0.2) is 12.3 Å². The summed E-state index contributed by atoms with van der Waals surface area (Å²) in [5, 5.41) is 9.99. The molecule has 3 nitrogen and oxygen atoms in total. The Labute approximate surface area is 66.6 Å². The minimum absolute atomic E-state index is 0.140. The van der Waals surface area contributed by atoms with Crippen molar-refractivity contribution in [1.82, 2.24) is 15.4 Å². The molecular weight excluding hydrogens is 171 g/mol. The Morgan fingerprint density at radius 2 is 2.08 bits per heavy atom. The van der Waals surface area contributed by atoms with Crippen molar-refractivity contribution >= 4 is 0 Å². The second kappa shape index (κ2) is 3.46. The maximum Gasteiger partial charge on any atom is 0.389 e. The number of halogens is 3. The lowest BCUT2D eigenvalue weighted by atomic mass is 10.2. The van der Waals surface area contributed by atoms with Gasteiger partial charge in [0.2, 0.25) is 0 Å². The van der Waals surface area contributed by atoms with Crippen LogP contribution in [0.3, 0.4) is 0 Å². The van der Waals surface area contributed by atoms with E-state index in [0.717, 1.165) is 0 Å². The molecule has 1 aromatic rings. The highest BCUT2D eigenvalue weighted by molar-refractivity contribution is 4.95. The van der Waals surface area contributed by atoms with E-state index in [-0.39, 0.29) is 6.42 Å². The highest BCUT2D eigenvalue weighted by atomic mass is 19.4. The first-order chi connectivity index (χ1) is 5.58. The van der Waals surface area contributed by atoms with Gasteiger partial charge in [-0.25, -0.2) is 0 Å². The van der Waals surface area contributed by atoms with E-state index in [4.69, 9.17) is 0 Å². The third-order valence-electron chi connectivity index (χ3n) is 1.22. The molecule has 0 aromatic carbocycles. The fourth-order valence-corrected chi connectivity index (χ4v) is 0.669. The molecule has 0 aliphatic rings. The lowest BCUT2D eigenvalue weighted by Crippen LogP contribution is -2.09. The Hall–Kier alpha value is -1.20. The van der Waals surface area contributed by atoms with Gasteiger partial charge in [0.25, 0.3) is 0 Å². The molecule has 0 bridgehead atoms. The molecule has 1 heterocycles. The number of aryl methyl sites for hydroxylation is 1. The summed E-state index contributed by atoms with van der Waals surface area (Å²) in [5.74, 6) is 0. The van der Waals surface area contributed by atoms with Crippen LogP contribution >= 0.6 is 0 Å². The summed E-state index contributed by atoms with van der Waals surface area (Å²) in [7, 11) is 0. The lowest BCUT2D eigenvalue weighted by molar-refractivity contribution is -0.134. The van der Waals surface area contributed by atoms with Gasteiger partial charge in [-0.15, -0.1) is 10.2 Å². The van der Waals surface area contributed by atoms with Crippen LogP contribution in [0.1, 0.15) is 12.1 Å². The molecule has 0 aliphatic carbocycles. The summed E-state index contributed by atoms with van der Waals surface area (Å²) in [6.45, 7) is 0. The van der Waals surface area contributed by atoms with Crippen LogP contribution in [-0.2, 0) is 6.42 Å². The van der Waals surface area contributed by atoms with Gasteiger partial charge < -0.3 is 0 Å². The molecule has 1 aromatic heterocycles. The molecule has 0 saturated carbocycles. The van der Waals surface area contributed by atoms with E-state index in [1.807, 2.05) is 0 Å². The predicted octanol–water partition coefficient (Wildman–Crippen LogP) is 1.37. The van der Waals surface area contributed by atoms with Gasteiger partial charge in [-0.05, 0) is 11.3 Å². The molecule has 0 aliphatic heterocycles. The fraction of sp³-hybridized carbons (Fsp3) is 0.500. The largest absolute Gasteiger partial charge is 0.389 e. The van der Waals surface area contributed by atoms with Crippen molar-refractivity contribution in [2.75, 3.05) is 0 Å². The van der Waals surface area contributed by atoms with Gasteiger partial charge in [0, 0.05) is 12.8 Å². The zero-order valence-corrected chi connectivity index (χ0v) is 6.04. The smallest absolute Gasteiger partial charge is 0.171 e. The summed E-state index contributed by atoms with van der Waals surface area (Å²) in [6.07, 6.45) is -3.83. The molecule has 0 radical (unpaired) electrons. The number of rotatable bonds is 2. The second-order valence-electron chi connectivity index (χ2n) is 2.23. The monoisotopic (exact) mass is 177 g/mol. The van der Waals surface area contributed by atoms with Crippen molar-refractivity contribution in [1.29, 1.82) is 0 Å². The van der Waals surface area contributed by atoms with Crippen molar-refractivity contribution in [2.24, 2.45) is 0 Å². The van der Waals surface area contributed by atoms with E-state index >= 15 is 0 Å². The molecule has 0 unspecified atom stereocenters. The summed E-state index contributed by atoms with van der Waals surface area (Å²) in [5.41, 5.74) is 0.308. The average Bonchev–Trinajstić information content (AvgIpc) is 2.02. The van der Waals surface area contributed by atoms with E-state index in [9.17, 15) is 13.2 Å². The van der Waals surface area contributed by atoms with Crippen molar-refractivity contribution < 1.29 is 13.2 Å². The minimum Gasteiger partial charge on any atom is -0.171 e. The van der Waals surface area contributed by atoms with E-state index in [1.165, 1.54) is 12.3 Å². The standard InChI is InChI=1S/C6H6F3N3/c7-6(8,9)3-1-5-2-4-10-12-11-5/h2,4H,1,3H2. The minimum atomic E-state index is -4.13. The first kappa shape index (κ1) is 8.89. The predicted molar refractivity (Wildman–Crippen MR) is 34.2 cm³/mol.